The van der Waals surface area contributed by atoms with Gasteiger partial charge in [0.1, 0.15) is 5.82 Å². The summed E-state index contributed by atoms with van der Waals surface area (Å²) in [7, 11) is -3.82. The SMILES string of the molecule is CCCCn1c(N)c(N(CC)C(=O)CN2CCc3cc(S(N)(=O)=O)ccc32)c(=O)[nH]c1=O. The molecular weight excluding hydrogens is 436 g/mol. The summed E-state index contributed by atoms with van der Waals surface area (Å²) in [5, 5.41) is 5.20. The minimum Gasteiger partial charge on any atom is -0.383 e. The smallest absolute Gasteiger partial charge is 0.330 e. The first-order valence-electron chi connectivity index (χ1n) is 10.4. The molecule has 11 nitrogen and oxygen atoms in total. The number of aromatic nitrogens is 2. The average molecular weight is 465 g/mol. The predicted molar refractivity (Wildman–Crippen MR) is 122 cm³/mol. The minimum atomic E-state index is -3.82. The molecule has 1 aromatic heterocycles. The summed E-state index contributed by atoms with van der Waals surface area (Å²) in [6.45, 7) is 4.67. The molecule has 0 unspecified atom stereocenters. The molecular formula is C20H28N6O5S. The van der Waals surface area contributed by atoms with Crippen molar-refractivity contribution in [2.75, 3.05) is 35.2 Å². The van der Waals surface area contributed by atoms with Gasteiger partial charge < -0.3 is 15.5 Å². The van der Waals surface area contributed by atoms with Crippen molar-refractivity contribution >= 4 is 33.1 Å². The number of amides is 1. The average Bonchev–Trinajstić information content (AvgIpc) is 3.12. The van der Waals surface area contributed by atoms with Crippen LogP contribution in [0.2, 0.25) is 0 Å². The highest BCUT2D eigenvalue weighted by molar-refractivity contribution is 7.89. The van der Waals surface area contributed by atoms with Crippen LogP contribution >= 0.6 is 0 Å². The molecule has 2 heterocycles. The van der Waals surface area contributed by atoms with E-state index in [0.29, 0.717) is 25.9 Å². The Bertz CT molecular complexity index is 1250. The molecule has 0 bridgehead atoms. The fourth-order valence-corrected chi connectivity index (χ4v) is 4.44. The normalized spacial score (nSPS) is 13.3. The predicted octanol–water partition coefficient (Wildman–Crippen LogP) is -0.0181. The molecule has 1 aliphatic rings. The van der Waals surface area contributed by atoms with Crippen molar-refractivity contribution < 1.29 is 13.2 Å². The Hall–Kier alpha value is -3.12. The lowest BCUT2D eigenvalue weighted by Crippen LogP contribution is -2.45. The zero-order chi connectivity index (χ0) is 23.6. The highest BCUT2D eigenvalue weighted by Gasteiger charge is 2.28. The van der Waals surface area contributed by atoms with Crippen LogP contribution < -0.4 is 31.9 Å². The van der Waals surface area contributed by atoms with Crippen molar-refractivity contribution in [1.82, 2.24) is 9.55 Å². The Morgan fingerprint density at radius 3 is 2.59 bits per heavy atom. The van der Waals surface area contributed by atoms with Gasteiger partial charge in [-0.25, -0.2) is 18.4 Å². The lowest BCUT2D eigenvalue weighted by molar-refractivity contribution is -0.117. The lowest BCUT2D eigenvalue weighted by atomic mass is 10.2. The molecule has 0 fully saturated rings. The Labute approximate surface area is 185 Å². The molecule has 0 radical (unpaired) electrons. The fourth-order valence-electron chi connectivity index (χ4n) is 3.87. The molecule has 0 aliphatic carbocycles. The number of hydrogen-bond acceptors (Lipinski definition) is 7. The molecule has 0 atom stereocenters. The number of nitrogens with one attached hydrogen (secondary N) is 1. The van der Waals surface area contributed by atoms with E-state index in [1.54, 1.807) is 13.0 Å². The van der Waals surface area contributed by atoms with Gasteiger partial charge in [-0.1, -0.05) is 13.3 Å². The number of sulfonamides is 1. The van der Waals surface area contributed by atoms with E-state index in [2.05, 4.69) is 4.98 Å². The van der Waals surface area contributed by atoms with Gasteiger partial charge in [0.2, 0.25) is 15.9 Å². The number of benzene rings is 1. The van der Waals surface area contributed by atoms with E-state index < -0.39 is 21.3 Å². The zero-order valence-corrected chi connectivity index (χ0v) is 18.9. The highest BCUT2D eigenvalue weighted by Crippen LogP contribution is 2.30. The molecule has 32 heavy (non-hydrogen) atoms. The monoisotopic (exact) mass is 464 g/mol. The van der Waals surface area contributed by atoms with Crippen LogP contribution in [0.15, 0.2) is 32.7 Å². The lowest BCUT2D eigenvalue weighted by Gasteiger charge is -2.26. The molecule has 3 rings (SSSR count). The number of carbonyl (C=O) groups is 1. The van der Waals surface area contributed by atoms with Crippen LogP contribution in [0.3, 0.4) is 0 Å². The number of anilines is 3. The largest absolute Gasteiger partial charge is 0.383 e. The van der Waals surface area contributed by atoms with Crippen molar-refractivity contribution in [3.05, 3.63) is 44.6 Å². The first-order chi connectivity index (χ1) is 15.1. The minimum absolute atomic E-state index is 0.0215. The molecule has 5 N–H and O–H groups in total. The molecule has 0 spiro atoms. The maximum Gasteiger partial charge on any atom is 0.330 e. The summed E-state index contributed by atoms with van der Waals surface area (Å²) in [4.78, 5) is 43.2. The number of aromatic amines is 1. The van der Waals surface area contributed by atoms with Crippen molar-refractivity contribution in [2.45, 2.75) is 44.6 Å². The van der Waals surface area contributed by atoms with Crippen molar-refractivity contribution in [1.29, 1.82) is 0 Å². The number of likely N-dealkylation sites (N-methyl/N-ethyl adjacent to an activating group) is 1. The van der Waals surface area contributed by atoms with Crippen LogP contribution in [0.25, 0.3) is 0 Å². The van der Waals surface area contributed by atoms with Gasteiger partial charge in [-0.2, -0.15) is 0 Å². The van der Waals surface area contributed by atoms with E-state index in [0.717, 1.165) is 17.7 Å². The maximum absolute atomic E-state index is 13.2. The Kier molecular flexibility index (Phi) is 6.74. The molecule has 0 saturated heterocycles. The molecule has 1 amide bonds. The van der Waals surface area contributed by atoms with Gasteiger partial charge in [0.05, 0.1) is 11.4 Å². The van der Waals surface area contributed by atoms with Gasteiger partial charge in [0.15, 0.2) is 5.69 Å². The number of nitrogens with two attached hydrogens (primary N) is 2. The van der Waals surface area contributed by atoms with Crippen LogP contribution in [-0.4, -0.2) is 43.5 Å². The summed E-state index contributed by atoms with van der Waals surface area (Å²) in [6, 6.07) is 4.54. The standard InChI is InChI=1S/C20H28N6O5S/c1-3-5-9-26-18(21)17(19(28)23-20(26)29)25(4-2)16(27)12-24-10-8-13-11-14(32(22,30)31)6-7-15(13)24/h6-7,11H,3-5,8-10,12,21H2,1-2H3,(H2,22,30,31)(H,23,28,29). The van der Waals surface area contributed by atoms with Gasteiger partial charge in [-0.05, 0) is 43.5 Å². The Balaban J connectivity index is 1.89. The van der Waals surface area contributed by atoms with Gasteiger partial charge in [-0.3, -0.25) is 19.1 Å². The third kappa shape index (κ3) is 4.55. The second-order valence-electron chi connectivity index (χ2n) is 7.64. The summed E-state index contributed by atoms with van der Waals surface area (Å²) in [6.07, 6.45) is 2.09. The van der Waals surface area contributed by atoms with Gasteiger partial charge in [0, 0.05) is 25.3 Å². The Morgan fingerprint density at radius 2 is 1.97 bits per heavy atom. The molecule has 2 aromatic rings. The molecule has 1 aromatic carbocycles. The molecule has 0 saturated carbocycles. The van der Waals surface area contributed by atoms with Gasteiger partial charge in [-0.15, -0.1) is 0 Å². The van der Waals surface area contributed by atoms with E-state index in [9.17, 15) is 22.8 Å². The maximum atomic E-state index is 13.2. The second kappa shape index (κ2) is 9.17. The highest BCUT2D eigenvalue weighted by atomic mass is 32.2. The van der Waals surface area contributed by atoms with Crippen LogP contribution in [0, 0.1) is 0 Å². The summed E-state index contributed by atoms with van der Waals surface area (Å²) < 4.78 is 24.5. The third-order valence-corrected chi connectivity index (χ3v) is 6.44. The van der Waals surface area contributed by atoms with E-state index in [-0.39, 0.29) is 35.4 Å². The number of carbonyl (C=O) groups excluding carboxylic acids is 1. The number of rotatable bonds is 8. The molecule has 12 heteroatoms. The van der Waals surface area contributed by atoms with Crippen LogP contribution in [0.1, 0.15) is 32.3 Å². The number of hydrogen-bond donors (Lipinski definition) is 3. The molecule has 1 aliphatic heterocycles. The number of nitrogen functional groups attached to an aromatic ring is 1. The van der Waals surface area contributed by atoms with Gasteiger partial charge in [0.25, 0.3) is 5.56 Å². The summed E-state index contributed by atoms with van der Waals surface area (Å²) >= 11 is 0. The number of unbranched alkanes of at least 4 members (excludes halogenated alkanes) is 1. The van der Waals surface area contributed by atoms with Crippen LogP contribution in [0.5, 0.6) is 0 Å². The van der Waals surface area contributed by atoms with Crippen molar-refractivity contribution in [3.63, 3.8) is 0 Å². The van der Waals surface area contributed by atoms with E-state index >= 15 is 0 Å². The second-order valence-corrected chi connectivity index (χ2v) is 9.20. The zero-order valence-electron chi connectivity index (χ0n) is 18.1. The van der Waals surface area contributed by atoms with E-state index in [4.69, 9.17) is 10.9 Å². The number of H-pyrrole nitrogens is 1. The quantitative estimate of drug-likeness (QED) is 0.494. The topological polar surface area (TPSA) is 165 Å². The third-order valence-electron chi connectivity index (χ3n) is 5.53. The van der Waals surface area contributed by atoms with Crippen LogP contribution in [-0.2, 0) is 27.8 Å². The number of nitrogens with zero attached hydrogens (tertiary/aromatic N) is 3. The van der Waals surface area contributed by atoms with E-state index in [1.807, 2.05) is 11.8 Å². The van der Waals surface area contributed by atoms with Crippen molar-refractivity contribution in [3.8, 4) is 0 Å². The van der Waals surface area contributed by atoms with E-state index in [1.165, 1.54) is 21.6 Å². The fraction of sp³-hybridized carbons (Fsp3) is 0.450. The van der Waals surface area contributed by atoms with Crippen molar-refractivity contribution in [2.24, 2.45) is 5.14 Å². The summed E-state index contributed by atoms with van der Waals surface area (Å²) in [5.74, 6) is -0.407. The first kappa shape index (κ1) is 23.5. The molecule has 174 valence electrons. The first-order valence-corrected chi connectivity index (χ1v) is 12.0. The van der Waals surface area contributed by atoms with Gasteiger partial charge >= 0.3 is 5.69 Å². The number of primary sulfonamides is 1. The van der Waals surface area contributed by atoms with Crippen LogP contribution in [0.4, 0.5) is 17.2 Å². The summed E-state index contributed by atoms with van der Waals surface area (Å²) in [5.41, 5.74) is 6.30. The Morgan fingerprint density at radius 1 is 1.25 bits per heavy atom. The number of fused-ring (bicyclic) bond motifs is 1.